The minimum absolute atomic E-state index is 0.0471. The smallest absolute Gasteiger partial charge is 0.363 e. The van der Waals surface area contributed by atoms with Crippen LogP contribution in [-0.2, 0) is 16.1 Å². The van der Waals surface area contributed by atoms with Crippen LogP contribution in [0.25, 0.3) is 6.08 Å². The van der Waals surface area contributed by atoms with E-state index in [2.05, 4.69) is 11.1 Å². The number of ether oxygens (including phenoxy) is 2. The molecule has 0 radical (unpaired) electrons. The number of nitrogens with zero attached hydrogens (tertiary/aromatic N) is 2. The van der Waals surface area contributed by atoms with Crippen molar-refractivity contribution in [3.63, 3.8) is 0 Å². The van der Waals surface area contributed by atoms with E-state index in [1.807, 2.05) is 49.4 Å². The summed E-state index contributed by atoms with van der Waals surface area (Å²) < 4.78 is 11.0. The Labute approximate surface area is 178 Å². The molecule has 0 saturated carbocycles. The van der Waals surface area contributed by atoms with Crippen LogP contribution < -0.4 is 4.74 Å². The Hall–Kier alpha value is -4.26. The number of esters is 1. The van der Waals surface area contributed by atoms with Gasteiger partial charge in [0, 0.05) is 17.7 Å². The van der Waals surface area contributed by atoms with E-state index in [0.717, 1.165) is 11.1 Å². The normalized spacial score (nSPS) is 14.3. The van der Waals surface area contributed by atoms with Crippen LogP contribution in [0.2, 0.25) is 0 Å². The molecule has 3 aromatic rings. The summed E-state index contributed by atoms with van der Waals surface area (Å²) in [5.74, 6) is 0.255. The fourth-order valence-electron chi connectivity index (χ4n) is 3.05. The summed E-state index contributed by atoms with van der Waals surface area (Å²) in [5.41, 5.74) is 3.63. The van der Waals surface area contributed by atoms with E-state index in [0.29, 0.717) is 17.9 Å². The van der Waals surface area contributed by atoms with E-state index >= 15 is 0 Å². The average Bonchev–Trinajstić information content (AvgIpc) is 3.13. The predicted molar refractivity (Wildman–Crippen MR) is 116 cm³/mol. The second-order valence-electron chi connectivity index (χ2n) is 6.99. The average molecular weight is 414 g/mol. The highest BCUT2D eigenvalue weighted by Gasteiger charge is 2.24. The summed E-state index contributed by atoms with van der Waals surface area (Å²) in [6.45, 7) is 2.51. The molecule has 1 aliphatic rings. The lowest BCUT2D eigenvalue weighted by molar-refractivity contribution is -0.384. The number of non-ortho nitro benzene ring substituents is 1. The van der Waals surface area contributed by atoms with Crippen LogP contribution >= 0.6 is 0 Å². The molecule has 0 N–H and O–H groups in total. The highest BCUT2D eigenvalue weighted by atomic mass is 16.6. The molecule has 0 saturated heterocycles. The largest absolute Gasteiger partial charge is 0.489 e. The molecule has 0 bridgehead atoms. The molecule has 0 atom stereocenters. The molecule has 0 amide bonds. The first kappa shape index (κ1) is 20.0. The second-order valence-corrected chi connectivity index (χ2v) is 6.99. The Kier molecular flexibility index (Phi) is 5.57. The van der Waals surface area contributed by atoms with Gasteiger partial charge < -0.3 is 9.47 Å². The highest BCUT2D eigenvalue weighted by Crippen LogP contribution is 2.22. The third-order valence-corrected chi connectivity index (χ3v) is 4.62. The number of aryl methyl sites for hydroxylation is 1. The maximum absolute atomic E-state index is 12.2. The molecule has 0 aromatic heterocycles. The summed E-state index contributed by atoms with van der Waals surface area (Å²) in [6.07, 6.45) is 1.62. The molecular weight excluding hydrogens is 396 g/mol. The first-order valence-corrected chi connectivity index (χ1v) is 9.54. The summed E-state index contributed by atoms with van der Waals surface area (Å²) >= 11 is 0. The van der Waals surface area contributed by atoms with Gasteiger partial charge in [-0.3, -0.25) is 10.1 Å². The molecule has 0 unspecified atom stereocenters. The number of hydrogen-bond acceptors (Lipinski definition) is 6. The van der Waals surface area contributed by atoms with Crippen LogP contribution in [0.5, 0.6) is 5.75 Å². The van der Waals surface area contributed by atoms with Gasteiger partial charge in [-0.15, -0.1) is 0 Å². The number of rotatable bonds is 6. The SMILES string of the molecule is Cc1cccc(COc2ccc(/C=C3\N=C(c4ccc([N+](=O)[O-])cc4)OC3=O)cc2)c1. The van der Waals surface area contributed by atoms with E-state index in [4.69, 9.17) is 9.47 Å². The van der Waals surface area contributed by atoms with Gasteiger partial charge >= 0.3 is 5.97 Å². The Morgan fingerprint density at radius 3 is 2.48 bits per heavy atom. The fraction of sp³-hybridized carbons (Fsp3) is 0.0833. The van der Waals surface area contributed by atoms with Gasteiger partial charge in [0.25, 0.3) is 5.69 Å². The minimum atomic E-state index is -0.576. The van der Waals surface area contributed by atoms with Gasteiger partial charge in [0.15, 0.2) is 5.70 Å². The van der Waals surface area contributed by atoms with Crippen molar-refractivity contribution in [1.29, 1.82) is 0 Å². The summed E-state index contributed by atoms with van der Waals surface area (Å²) in [7, 11) is 0. The third-order valence-electron chi connectivity index (χ3n) is 4.62. The number of nitro groups is 1. The number of carbonyl (C=O) groups is 1. The number of aliphatic imine (C=N–C) groups is 1. The molecule has 3 aromatic carbocycles. The molecule has 1 aliphatic heterocycles. The number of benzene rings is 3. The number of cyclic esters (lactones) is 1. The number of hydrogen-bond donors (Lipinski definition) is 0. The zero-order valence-corrected chi connectivity index (χ0v) is 16.6. The van der Waals surface area contributed by atoms with E-state index < -0.39 is 10.9 Å². The maximum Gasteiger partial charge on any atom is 0.363 e. The monoisotopic (exact) mass is 414 g/mol. The lowest BCUT2D eigenvalue weighted by Crippen LogP contribution is -2.05. The lowest BCUT2D eigenvalue weighted by Gasteiger charge is -2.07. The molecule has 1 heterocycles. The Bertz CT molecular complexity index is 1200. The maximum atomic E-state index is 12.2. The highest BCUT2D eigenvalue weighted by molar-refractivity contribution is 6.12. The van der Waals surface area contributed by atoms with Crippen LogP contribution in [0.1, 0.15) is 22.3 Å². The van der Waals surface area contributed by atoms with E-state index in [9.17, 15) is 14.9 Å². The third kappa shape index (κ3) is 4.84. The van der Waals surface area contributed by atoms with E-state index in [-0.39, 0.29) is 17.3 Å². The van der Waals surface area contributed by atoms with Gasteiger partial charge in [-0.2, -0.15) is 0 Å². The molecule has 31 heavy (non-hydrogen) atoms. The summed E-state index contributed by atoms with van der Waals surface area (Å²) in [6, 6.07) is 21.1. The Morgan fingerprint density at radius 1 is 1.06 bits per heavy atom. The molecule has 0 aliphatic carbocycles. The lowest BCUT2D eigenvalue weighted by atomic mass is 10.1. The van der Waals surface area contributed by atoms with Crippen LogP contribution in [0.3, 0.4) is 0 Å². The zero-order chi connectivity index (χ0) is 21.8. The number of nitro benzene ring substituents is 1. The van der Waals surface area contributed by atoms with Crippen molar-refractivity contribution in [2.24, 2.45) is 4.99 Å². The van der Waals surface area contributed by atoms with Crippen molar-refractivity contribution in [2.45, 2.75) is 13.5 Å². The van der Waals surface area contributed by atoms with Gasteiger partial charge in [-0.1, -0.05) is 42.0 Å². The minimum Gasteiger partial charge on any atom is -0.489 e. The first-order chi connectivity index (χ1) is 15.0. The fourth-order valence-corrected chi connectivity index (χ4v) is 3.05. The number of carbonyl (C=O) groups excluding carboxylic acids is 1. The molecule has 7 heteroatoms. The Balaban J connectivity index is 1.45. The van der Waals surface area contributed by atoms with Crippen molar-refractivity contribution >= 4 is 23.6 Å². The van der Waals surface area contributed by atoms with Crippen LogP contribution in [0.15, 0.2) is 83.5 Å². The summed E-state index contributed by atoms with van der Waals surface area (Å²) in [4.78, 5) is 26.6. The topological polar surface area (TPSA) is 91.0 Å². The molecule has 0 fully saturated rings. The van der Waals surface area contributed by atoms with Gasteiger partial charge in [0.1, 0.15) is 12.4 Å². The predicted octanol–water partition coefficient (Wildman–Crippen LogP) is 4.83. The van der Waals surface area contributed by atoms with E-state index in [1.54, 1.807) is 6.08 Å². The van der Waals surface area contributed by atoms with Crippen LogP contribution in [0, 0.1) is 17.0 Å². The first-order valence-electron chi connectivity index (χ1n) is 9.54. The van der Waals surface area contributed by atoms with Gasteiger partial charge in [0.05, 0.1) is 4.92 Å². The van der Waals surface area contributed by atoms with E-state index in [1.165, 1.54) is 29.8 Å². The van der Waals surface area contributed by atoms with Gasteiger partial charge in [-0.05, 0) is 48.4 Å². The molecular formula is C24H18N2O5. The summed E-state index contributed by atoms with van der Waals surface area (Å²) in [5, 5.41) is 10.8. The van der Waals surface area contributed by atoms with Crippen molar-refractivity contribution in [2.75, 3.05) is 0 Å². The zero-order valence-electron chi connectivity index (χ0n) is 16.6. The van der Waals surface area contributed by atoms with Crippen molar-refractivity contribution in [3.8, 4) is 5.75 Å². The van der Waals surface area contributed by atoms with Crippen LogP contribution in [-0.4, -0.2) is 16.8 Å². The quantitative estimate of drug-likeness (QED) is 0.249. The molecule has 7 nitrogen and oxygen atoms in total. The molecule has 154 valence electrons. The molecule has 4 rings (SSSR count). The van der Waals surface area contributed by atoms with Crippen molar-refractivity contribution in [1.82, 2.24) is 0 Å². The van der Waals surface area contributed by atoms with Crippen molar-refractivity contribution in [3.05, 3.63) is 111 Å². The van der Waals surface area contributed by atoms with Gasteiger partial charge in [-0.25, -0.2) is 9.79 Å². The second kappa shape index (κ2) is 8.62. The Morgan fingerprint density at radius 2 is 1.81 bits per heavy atom. The van der Waals surface area contributed by atoms with Gasteiger partial charge in [0.2, 0.25) is 5.90 Å². The molecule has 0 spiro atoms. The standard InChI is InChI=1S/C24H18N2O5/c1-16-3-2-4-18(13-16)15-30-21-11-5-17(6-12-21)14-22-24(27)31-23(25-22)19-7-9-20(10-8-19)26(28)29/h2-14H,15H2,1H3/b22-14-. The van der Waals surface area contributed by atoms with Crippen molar-refractivity contribution < 1.29 is 19.2 Å². The van der Waals surface area contributed by atoms with Crippen LogP contribution in [0.4, 0.5) is 5.69 Å².